The van der Waals surface area contributed by atoms with Gasteiger partial charge in [-0.15, -0.1) is 13.2 Å². The van der Waals surface area contributed by atoms with Crippen molar-refractivity contribution in [3.8, 4) is 22.8 Å². The molecule has 2 aromatic carbocycles. The quantitative estimate of drug-likeness (QED) is 0.176. The molecule has 4 fully saturated rings. The Morgan fingerprint density at radius 2 is 1.73 bits per heavy atom. The maximum absolute atomic E-state index is 15.0. The van der Waals surface area contributed by atoms with Gasteiger partial charge in [-0.2, -0.15) is 0 Å². The number of piperidine rings is 1. The highest BCUT2D eigenvalue weighted by Gasteiger charge is 2.63. The van der Waals surface area contributed by atoms with Crippen molar-refractivity contribution in [3.63, 3.8) is 0 Å². The second-order valence-corrected chi connectivity index (χ2v) is 20.0. The zero-order valence-electron chi connectivity index (χ0n) is 35.1. The number of rotatable bonds is 15. The van der Waals surface area contributed by atoms with E-state index in [9.17, 15) is 27.6 Å². The molecule has 2 N–H and O–H groups in total. The van der Waals surface area contributed by atoms with Crippen LogP contribution in [0.3, 0.4) is 0 Å². The lowest BCUT2D eigenvalue weighted by Crippen LogP contribution is -2.58. The molecule has 0 bridgehead atoms. The molecule has 2 aliphatic carbocycles. The molecule has 2 saturated heterocycles. The number of carbonyl (C=O) groups is 4. The van der Waals surface area contributed by atoms with Gasteiger partial charge in [0.05, 0.1) is 35.5 Å². The number of hydrogen-bond donors (Lipinski definition) is 2. The number of nitrogens with zero attached hydrogens (tertiary/aromatic N) is 3. The molecule has 3 aromatic rings. The number of likely N-dealkylation sites (tertiary alicyclic amines) is 2. The number of allylic oxidation sites excluding steroid dienone is 1. The van der Waals surface area contributed by atoms with Crippen molar-refractivity contribution in [2.24, 2.45) is 17.3 Å². The molecule has 3 heterocycles. The van der Waals surface area contributed by atoms with Crippen LogP contribution in [0.4, 0.5) is 0 Å². The number of amides is 4. The average Bonchev–Trinajstić information content (AvgIpc) is 4.14. The Hall–Kier alpha value is -5.24. The minimum absolute atomic E-state index is 0.0184. The highest BCUT2D eigenvalue weighted by atomic mass is 32.2. The summed E-state index contributed by atoms with van der Waals surface area (Å²) in [6.45, 7) is 14.6. The van der Waals surface area contributed by atoms with E-state index in [-0.39, 0.29) is 44.0 Å². The monoisotopic (exact) mass is 839 g/mol. The normalized spacial score (nSPS) is 23.9. The van der Waals surface area contributed by atoms with Crippen LogP contribution in [0.15, 0.2) is 79.9 Å². The van der Waals surface area contributed by atoms with E-state index in [1.807, 2.05) is 80.3 Å². The van der Waals surface area contributed by atoms with Crippen LogP contribution < -0.4 is 19.5 Å². The van der Waals surface area contributed by atoms with E-state index in [1.54, 1.807) is 7.11 Å². The summed E-state index contributed by atoms with van der Waals surface area (Å²) in [5, 5.41) is 3.60. The second-order valence-electron chi connectivity index (χ2n) is 17.9. The molecule has 60 heavy (non-hydrogen) atoms. The summed E-state index contributed by atoms with van der Waals surface area (Å²) in [4.78, 5) is 65.5. The van der Waals surface area contributed by atoms with Crippen molar-refractivity contribution in [3.05, 3.63) is 79.9 Å². The number of benzene rings is 2. The van der Waals surface area contributed by atoms with Crippen LogP contribution in [0.5, 0.6) is 11.5 Å². The Balaban J connectivity index is 1.21. The summed E-state index contributed by atoms with van der Waals surface area (Å²) in [5.74, 6) is -2.13. The van der Waals surface area contributed by atoms with Crippen molar-refractivity contribution in [1.82, 2.24) is 24.8 Å². The van der Waals surface area contributed by atoms with Crippen molar-refractivity contribution < 1.29 is 37.1 Å². The lowest BCUT2D eigenvalue weighted by atomic mass is 9.77. The van der Waals surface area contributed by atoms with E-state index in [0.717, 1.165) is 24.8 Å². The number of nitrogens with one attached hydrogen (secondary N) is 2. The number of fused-ring (bicyclic) bond motifs is 1. The number of sulfonamides is 1. The summed E-state index contributed by atoms with van der Waals surface area (Å²) in [6, 6.07) is 15.9. The van der Waals surface area contributed by atoms with Crippen LogP contribution in [0, 0.1) is 17.3 Å². The molecule has 4 amide bonds. The molecule has 5 atom stereocenters. The first-order valence-corrected chi connectivity index (χ1v) is 22.4. The molecule has 0 spiro atoms. The number of hydrogen-bond acceptors (Lipinski definition) is 9. The van der Waals surface area contributed by atoms with E-state index in [0.29, 0.717) is 54.0 Å². The fraction of sp³-hybridized carbons (Fsp3) is 0.500. The first-order valence-electron chi connectivity index (χ1n) is 21.0. The largest absolute Gasteiger partial charge is 0.497 e. The van der Waals surface area contributed by atoms with Gasteiger partial charge in [0.1, 0.15) is 29.2 Å². The number of methoxy groups -OCH3 is 1. The Bertz CT molecular complexity index is 2280. The second kappa shape index (κ2) is 16.7. The molecule has 2 saturated carbocycles. The van der Waals surface area contributed by atoms with Crippen molar-refractivity contribution >= 4 is 44.6 Å². The van der Waals surface area contributed by atoms with Crippen molar-refractivity contribution in [2.45, 2.75) is 101 Å². The summed E-state index contributed by atoms with van der Waals surface area (Å²) in [6.07, 6.45) is 6.42. The van der Waals surface area contributed by atoms with Crippen LogP contribution in [-0.2, 0) is 29.2 Å². The zero-order chi connectivity index (χ0) is 43.0. The van der Waals surface area contributed by atoms with Crippen LogP contribution in [0.1, 0.15) is 78.6 Å². The summed E-state index contributed by atoms with van der Waals surface area (Å²) >= 11 is 0. The fourth-order valence-electron chi connectivity index (χ4n) is 8.77. The molecule has 320 valence electrons. The summed E-state index contributed by atoms with van der Waals surface area (Å²) in [7, 11) is -2.51. The van der Waals surface area contributed by atoms with Gasteiger partial charge >= 0.3 is 0 Å². The maximum atomic E-state index is 15.0. The highest BCUT2D eigenvalue weighted by molar-refractivity contribution is 7.91. The van der Waals surface area contributed by atoms with Gasteiger partial charge in [0.25, 0.3) is 5.91 Å². The van der Waals surface area contributed by atoms with Crippen molar-refractivity contribution in [1.29, 1.82) is 0 Å². The molecule has 0 unspecified atom stereocenters. The molecular weight excluding hydrogens is 783 g/mol. The first kappa shape index (κ1) is 42.9. The SMILES string of the molecule is C=CCC1(S(=O)(=O)NC(=O)[C@@]2(NC(=O)[C@@H]3C[C@@H](Oc4cc(-c5ccccc5)nc5cc(OC)ccc45)CN3C(=O)[C@@H](CC(=O)N3CCCCC3)C(C)(C)C)C[C@H]2C=C)CC1. The van der Waals surface area contributed by atoms with Gasteiger partial charge in [-0.25, -0.2) is 13.4 Å². The van der Waals surface area contributed by atoms with Gasteiger partial charge in [0.15, 0.2) is 0 Å². The van der Waals surface area contributed by atoms with Gasteiger partial charge in [0, 0.05) is 54.9 Å². The molecule has 0 radical (unpaired) electrons. The number of carbonyl (C=O) groups excluding carboxylic acids is 4. The summed E-state index contributed by atoms with van der Waals surface area (Å²) in [5.41, 5.74) is -0.0882. The fourth-order valence-corrected chi connectivity index (χ4v) is 10.4. The lowest BCUT2D eigenvalue weighted by molar-refractivity contribution is -0.148. The third-order valence-electron chi connectivity index (χ3n) is 12.8. The minimum Gasteiger partial charge on any atom is -0.497 e. The average molecular weight is 840 g/mol. The van der Waals surface area contributed by atoms with Crippen LogP contribution in [0.25, 0.3) is 22.2 Å². The lowest BCUT2D eigenvalue weighted by Gasteiger charge is -2.36. The standard InChI is InChI=1S/C46H57N5O8S/c1-7-19-45(20-21-45)60(56,57)49-43(55)46(28-31(46)8-2)48-41(53)38-25-33(29-51(38)42(54)35(44(3,4)5)26-40(52)50-22-13-10-14-23-50)59-39-27-36(30-15-11-9-12-16-30)47-37-24-32(58-6)17-18-34(37)39/h7-9,11-12,15-18,24,27,31,33,35,38H,1-2,10,13-14,19-23,25-26,28-29H2,3-6H3,(H,48,53)(H,49,55)/t31-,33-,35-,38+,46-/m1/s1. The number of ether oxygens (including phenoxy) is 2. The molecule has 2 aliphatic heterocycles. The van der Waals surface area contributed by atoms with Gasteiger partial charge in [-0.3, -0.25) is 23.9 Å². The molecule has 13 nitrogen and oxygen atoms in total. The van der Waals surface area contributed by atoms with E-state index in [1.165, 1.54) is 17.1 Å². The first-order chi connectivity index (χ1) is 28.5. The van der Waals surface area contributed by atoms with E-state index < -0.39 is 61.5 Å². The van der Waals surface area contributed by atoms with Crippen LogP contribution >= 0.6 is 0 Å². The molecular formula is C46H57N5O8S. The van der Waals surface area contributed by atoms with Gasteiger partial charge < -0.3 is 24.6 Å². The molecule has 14 heteroatoms. The third kappa shape index (κ3) is 8.53. The minimum atomic E-state index is -4.09. The molecule has 7 rings (SSSR count). The topological polar surface area (TPSA) is 164 Å². The Kier molecular flexibility index (Phi) is 11.9. The number of aromatic nitrogens is 1. The van der Waals surface area contributed by atoms with Gasteiger partial charge in [0.2, 0.25) is 27.7 Å². The summed E-state index contributed by atoms with van der Waals surface area (Å²) < 4.78 is 40.4. The Labute approximate surface area is 353 Å². The predicted octanol–water partition coefficient (Wildman–Crippen LogP) is 5.94. The van der Waals surface area contributed by atoms with Crippen LogP contribution in [-0.4, -0.2) is 96.0 Å². The third-order valence-corrected chi connectivity index (χ3v) is 15.0. The Morgan fingerprint density at radius 1 is 1.02 bits per heavy atom. The Morgan fingerprint density at radius 3 is 2.35 bits per heavy atom. The zero-order valence-corrected chi connectivity index (χ0v) is 35.9. The van der Waals surface area contributed by atoms with Gasteiger partial charge in [-0.05, 0) is 62.5 Å². The number of pyridine rings is 1. The van der Waals surface area contributed by atoms with E-state index in [4.69, 9.17) is 14.5 Å². The molecule has 4 aliphatic rings. The van der Waals surface area contributed by atoms with Crippen molar-refractivity contribution in [2.75, 3.05) is 26.7 Å². The highest BCUT2D eigenvalue weighted by Crippen LogP contribution is 2.49. The van der Waals surface area contributed by atoms with Crippen LogP contribution in [0.2, 0.25) is 0 Å². The maximum Gasteiger partial charge on any atom is 0.259 e. The van der Waals surface area contributed by atoms with E-state index >= 15 is 0 Å². The molecule has 1 aromatic heterocycles. The smallest absolute Gasteiger partial charge is 0.259 e. The van der Waals surface area contributed by atoms with Gasteiger partial charge in [-0.1, -0.05) is 63.3 Å². The predicted molar refractivity (Wildman–Crippen MR) is 229 cm³/mol. The van der Waals surface area contributed by atoms with E-state index in [2.05, 4.69) is 23.2 Å².